The zero-order chi connectivity index (χ0) is 13.4. The summed E-state index contributed by atoms with van der Waals surface area (Å²) in [6, 6.07) is 0.00816. The van der Waals surface area contributed by atoms with E-state index in [-0.39, 0.29) is 12.0 Å². The van der Waals surface area contributed by atoms with Crippen LogP contribution < -0.4 is 5.32 Å². The molecule has 19 heavy (non-hydrogen) atoms. The van der Waals surface area contributed by atoms with E-state index in [1.54, 1.807) is 0 Å². The second-order valence-corrected chi connectivity index (χ2v) is 6.46. The third-order valence-corrected chi connectivity index (χ3v) is 5.09. The highest BCUT2D eigenvalue weighted by molar-refractivity contribution is 8.14. The van der Waals surface area contributed by atoms with Crippen molar-refractivity contribution < 1.29 is 20.1 Å². The number of nitrogens with zero attached hydrogens (tertiary/aromatic N) is 1. The molecule has 0 aromatic rings. The maximum Gasteiger partial charge on any atom is 0.159 e. The lowest BCUT2D eigenvalue weighted by Crippen LogP contribution is -2.55. The summed E-state index contributed by atoms with van der Waals surface area (Å²) in [6.45, 7) is -0.298. The van der Waals surface area contributed by atoms with Crippen LogP contribution >= 0.6 is 11.8 Å². The molecule has 4 N–H and O–H groups in total. The van der Waals surface area contributed by atoms with Crippen LogP contribution in [0.3, 0.4) is 0 Å². The first-order chi connectivity index (χ1) is 9.19. The third kappa shape index (κ3) is 2.62. The van der Waals surface area contributed by atoms with E-state index in [0.717, 1.165) is 18.0 Å². The average molecular weight is 288 g/mol. The molecule has 7 heteroatoms. The standard InChI is InChI=1S/C12H20N2O4S/c15-5-7-9(16)10(17)8-11(18-7)19-12(14-8)13-6-3-1-2-4-6/h6-11,15-17H,1-5H2,(H,13,14)/t7-,8-,9-,10-,11-/m1/s1. The van der Waals surface area contributed by atoms with Crippen LogP contribution in [0.4, 0.5) is 0 Å². The summed E-state index contributed by atoms with van der Waals surface area (Å²) < 4.78 is 5.59. The molecule has 1 aliphatic carbocycles. The Labute approximate surface area is 116 Å². The Morgan fingerprint density at radius 1 is 1.26 bits per heavy atom. The number of hydrogen-bond acceptors (Lipinski definition) is 7. The topological polar surface area (TPSA) is 94.3 Å². The molecule has 0 bridgehead atoms. The van der Waals surface area contributed by atoms with Gasteiger partial charge in [-0.1, -0.05) is 24.6 Å². The van der Waals surface area contributed by atoms with Gasteiger partial charge in [-0.25, -0.2) is 0 Å². The number of fused-ring (bicyclic) bond motifs is 1. The first-order valence-corrected chi connectivity index (χ1v) is 7.70. The van der Waals surface area contributed by atoms with Crippen LogP contribution in [-0.4, -0.2) is 62.9 Å². The lowest BCUT2D eigenvalue weighted by Gasteiger charge is -2.37. The van der Waals surface area contributed by atoms with Crippen LogP contribution in [-0.2, 0) is 4.74 Å². The Bertz CT molecular complexity index is 362. The molecule has 6 nitrogen and oxygen atoms in total. The van der Waals surface area contributed by atoms with Gasteiger partial charge in [0.2, 0.25) is 0 Å². The first kappa shape index (κ1) is 13.6. The summed E-state index contributed by atoms with van der Waals surface area (Å²) in [7, 11) is 0. The second-order valence-electron chi connectivity index (χ2n) is 5.38. The van der Waals surface area contributed by atoms with Crippen molar-refractivity contribution in [3.63, 3.8) is 0 Å². The van der Waals surface area contributed by atoms with Crippen molar-refractivity contribution in [2.75, 3.05) is 6.61 Å². The lowest BCUT2D eigenvalue weighted by atomic mass is 9.99. The number of nitrogens with one attached hydrogen (secondary N) is 1. The minimum absolute atomic E-state index is 0.298. The van der Waals surface area contributed by atoms with Gasteiger partial charge in [0.15, 0.2) is 5.17 Å². The van der Waals surface area contributed by atoms with Crippen molar-refractivity contribution in [2.45, 2.75) is 61.5 Å². The van der Waals surface area contributed by atoms with E-state index >= 15 is 0 Å². The van der Waals surface area contributed by atoms with Gasteiger partial charge >= 0.3 is 0 Å². The molecule has 0 radical (unpaired) electrons. The fourth-order valence-corrected chi connectivity index (χ4v) is 4.09. The number of aliphatic hydroxyl groups is 3. The fourth-order valence-electron chi connectivity index (χ4n) is 2.89. The highest BCUT2D eigenvalue weighted by Crippen LogP contribution is 2.36. The molecule has 2 aliphatic heterocycles. The van der Waals surface area contributed by atoms with Gasteiger partial charge in [0.25, 0.3) is 0 Å². The van der Waals surface area contributed by atoms with Crippen molar-refractivity contribution in [1.29, 1.82) is 0 Å². The molecular weight excluding hydrogens is 268 g/mol. The molecular formula is C12H20N2O4S. The normalized spacial score (nSPS) is 43.1. The predicted octanol–water partition coefficient (Wildman–Crippen LogP) is -0.571. The molecule has 5 atom stereocenters. The third-order valence-electron chi connectivity index (χ3n) is 4.03. The summed E-state index contributed by atoms with van der Waals surface area (Å²) in [5.41, 5.74) is -0.320. The Balaban J connectivity index is 1.65. The number of thioether (sulfide) groups is 1. The first-order valence-electron chi connectivity index (χ1n) is 6.82. The fraction of sp³-hybridized carbons (Fsp3) is 0.917. The molecule has 0 amide bonds. The van der Waals surface area contributed by atoms with Crippen molar-refractivity contribution in [2.24, 2.45) is 4.99 Å². The van der Waals surface area contributed by atoms with E-state index in [2.05, 4.69) is 10.3 Å². The zero-order valence-corrected chi connectivity index (χ0v) is 11.4. The maximum atomic E-state index is 10.0. The summed E-state index contributed by atoms with van der Waals surface area (Å²) in [6.07, 6.45) is 2.00. The molecule has 2 heterocycles. The molecule has 0 spiro atoms. The van der Waals surface area contributed by atoms with E-state index in [4.69, 9.17) is 9.84 Å². The predicted molar refractivity (Wildman–Crippen MR) is 72.0 cm³/mol. The summed E-state index contributed by atoms with van der Waals surface area (Å²) in [5.74, 6) is 0. The van der Waals surface area contributed by atoms with Gasteiger partial charge in [-0.3, -0.25) is 4.99 Å². The van der Waals surface area contributed by atoms with Gasteiger partial charge in [-0.2, -0.15) is 0 Å². The number of rotatable bonds is 2. The largest absolute Gasteiger partial charge is 0.394 e. The van der Waals surface area contributed by atoms with Crippen LogP contribution in [0.25, 0.3) is 0 Å². The molecule has 3 rings (SSSR count). The molecule has 0 aromatic carbocycles. The smallest absolute Gasteiger partial charge is 0.159 e. The Kier molecular flexibility index (Phi) is 4.00. The van der Waals surface area contributed by atoms with Crippen LogP contribution in [0.2, 0.25) is 0 Å². The average Bonchev–Trinajstić information content (AvgIpc) is 3.03. The van der Waals surface area contributed by atoms with Gasteiger partial charge < -0.3 is 25.4 Å². The van der Waals surface area contributed by atoms with E-state index in [1.165, 1.54) is 24.6 Å². The Hall–Kier alpha value is -0.340. The number of amidine groups is 1. The maximum absolute atomic E-state index is 10.0. The second kappa shape index (κ2) is 5.57. The highest BCUT2D eigenvalue weighted by Gasteiger charge is 2.48. The Morgan fingerprint density at radius 3 is 2.68 bits per heavy atom. The lowest BCUT2D eigenvalue weighted by molar-refractivity contribution is -0.164. The van der Waals surface area contributed by atoms with Gasteiger partial charge in [0, 0.05) is 6.04 Å². The van der Waals surface area contributed by atoms with Crippen LogP contribution in [0, 0.1) is 0 Å². The quantitative estimate of drug-likeness (QED) is 0.544. The molecule has 1 saturated carbocycles. The number of ether oxygens (including phenoxy) is 1. The van der Waals surface area contributed by atoms with Crippen LogP contribution in [0.1, 0.15) is 25.7 Å². The molecule has 2 fully saturated rings. The van der Waals surface area contributed by atoms with Crippen LogP contribution in [0.15, 0.2) is 4.99 Å². The van der Waals surface area contributed by atoms with Gasteiger partial charge in [0.1, 0.15) is 29.8 Å². The summed E-state index contributed by atoms with van der Waals surface area (Å²) in [5, 5.41) is 33.2. The number of hydrogen-bond donors (Lipinski definition) is 4. The van der Waals surface area contributed by atoms with E-state index in [1.807, 2.05) is 0 Å². The van der Waals surface area contributed by atoms with Crippen molar-refractivity contribution in [1.82, 2.24) is 5.32 Å². The summed E-state index contributed by atoms with van der Waals surface area (Å²) >= 11 is 1.44. The monoisotopic (exact) mass is 288 g/mol. The highest BCUT2D eigenvalue weighted by atomic mass is 32.2. The molecule has 1 saturated heterocycles. The van der Waals surface area contributed by atoms with Gasteiger partial charge in [0.05, 0.1) is 6.61 Å². The van der Waals surface area contributed by atoms with E-state index in [0.29, 0.717) is 6.04 Å². The molecule has 0 unspecified atom stereocenters. The van der Waals surface area contributed by atoms with Gasteiger partial charge in [-0.15, -0.1) is 0 Å². The Morgan fingerprint density at radius 2 is 2.00 bits per heavy atom. The SMILES string of the molecule is OC[C@H]1O[C@@H]2SC(NC3CCCC3)=N[C@@H]2[C@@H](O)[C@@H]1O. The van der Waals surface area contributed by atoms with E-state index < -0.39 is 24.4 Å². The molecule has 3 aliphatic rings. The number of aliphatic hydroxyl groups excluding tert-OH is 3. The van der Waals surface area contributed by atoms with Crippen molar-refractivity contribution in [3.8, 4) is 0 Å². The number of aliphatic imine (C=N–C) groups is 1. The van der Waals surface area contributed by atoms with Gasteiger partial charge in [-0.05, 0) is 12.8 Å². The minimum atomic E-state index is -1.08. The molecule has 0 aromatic heterocycles. The molecule has 108 valence electrons. The zero-order valence-electron chi connectivity index (χ0n) is 10.6. The van der Waals surface area contributed by atoms with Crippen LogP contribution in [0.5, 0.6) is 0 Å². The van der Waals surface area contributed by atoms with E-state index in [9.17, 15) is 10.2 Å². The summed E-state index contributed by atoms with van der Waals surface area (Å²) in [4.78, 5) is 4.43. The van der Waals surface area contributed by atoms with Crippen molar-refractivity contribution >= 4 is 16.9 Å². The minimum Gasteiger partial charge on any atom is -0.394 e. The van der Waals surface area contributed by atoms with Crippen molar-refractivity contribution in [3.05, 3.63) is 0 Å².